The van der Waals surface area contributed by atoms with Crippen LogP contribution in [0.3, 0.4) is 0 Å². The van der Waals surface area contributed by atoms with Crippen LogP contribution in [0.25, 0.3) is 23.3 Å². The summed E-state index contributed by atoms with van der Waals surface area (Å²) in [6.07, 6.45) is 1.20. The number of hydrogen-bond donors (Lipinski definition) is 1. The van der Waals surface area contributed by atoms with Gasteiger partial charge in [0.15, 0.2) is 0 Å². The van der Waals surface area contributed by atoms with Gasteiger partial charge in [-0.1, -0.05) is 36.9 Å². The van der Waals surface area contributed by atoms with E-state index in [-0.39, 0.29) is 5.75 Å². The minimum Gasteiger partial charge on any atom is -0.406 e. The highest BCUT2D eigenvalue weighted by molar-refractivity contribution is 5.91. The van der Waals surface area contributed by atoms with Gasteiger partial charge < -0.3 is 10.1 Å². The van der Waals surface area contributed by atoms with Gasteiger partial charge in [-0.25, -0.2) is 0 Å². The maximum absolute atomic E-state index is 12.3. The summed E-state index contributed by atoms with van der Waals surface area (Å²) in [5, 5.41) is 3.34. The monoisotopic (exact) mass is 331 g/mol. The SMILES string of the molecule is C=Cc1c(C)cc(-c2ccc(OC(F)(F)F)cc2)c2c1C=CCN2. The van der Waals surface area contributed by atoms with Crippen molar-refractivity contribution in [2.24, 2.45) is 0 Å². The molecule has 1 N–H and O–H groups in total. The van der Waals surface area contributed by atoms with Crippen LogP contribution >= 0.6 is 0 Å². The second-order valence-electron chi connectivity index (χ2n) is 5.50. The zero-order valence-electron chi connectivity index (χ0n) is 13.1. The van der Waals surface area contributed by atoms with E-state index in [4.69, 9.17) is 0 Å². The molecule has 0 saturated heterocycles. The molecule has 2 nitrogen and oxygen atoms in total. The first-order valence-corrected chi connectivity index (χ1v) is 7.45. The lowest BCUT2D eigenvalue weighted by atomic mass is 9.91. The van der Waals surface area contributed by atoms with Crippen molar-refractivity contribution in [1.82, 2.24) is 0 Å². The molecule has 0 saturated carbocycles. The fourth-order valence-corrected chi connectivity index (χ4v) is 2.89. The fraction of sp³-hybridized carbons (Fsp3) is 0.158. The van der Waals surface area contributed by atoms with Crippen molar-refractivity contribution < 1.29 is 17.9 Å². The summed E-state index contributed by atoms with van der Waals surface area (Å²) in [5.74, 6) is -0.229. The Morgan fingerprint density at radius 2 is 1.92 bits per heavy atom. The van der Waals surface area contributed by atoms with Crippen LogP contribution in [-0.2, 0) is 0 Å². The van der Waals surface area contributed by atoms with Gasteiger partial charge in [-0.05, 0) is 41.8 Å². The summed E-state index contributed by atoms with van der Waals surface area (Å²) >= 11 is 0. The topological polar surface area (TPSA) is 21.3 Å². The van der Waals surface area contributed by atoms with Crippen LogP contribution < -0.4 is 10.1 Å². The van der Waals surface area contributed by atoms with Crippen molar-refractivity contribution in [3.05, 3.63) is 59.7 Å². The van der Waals surface area contributed by atoms with Gasteiger partial charge in [-0.2, -0.15) is 0 Å². The summed E-state index contributed by atoms with van der Waals surface area (Å²) < 4.78 is 40.8. The summed E-state index contributed by atoms with van der Waals surface area (Å²) in [7, 11) is 0. The van der Waals surface area contributed by atoms with Gasteiger partial charge in [-0.15, -0.1) is 13.2 Å². The van der Waals surface area contributed by atoms with E-state index in [0.717, 1.165) is 33.5 Å². The zero-order valence-corrected chi connectivity index (χ0v) is 13.1. The van der Waals surface area contributed by atoms with E-state index in [1.165, 1.54) is 12.1 Å². The maximum Gasteiger partial charge on any atom is 0.573 e. The molecule has 24 heavy (non-hydrogen) atoms. The van der Waals surface area contributed by atoms with Crippen molar-refractivity contribution in [1.29, 1.82) is 0 Å². The molecule has 124 valence electrons. The van der Waals surface area contributed by atoms with E-state index < -0.39 is 6.36 Å². The highest BCUT2D eigenvalue weighted by atomic mass is 19.4. The Morgan fingerprint density at radius 3 is 2.54 bits per heavy atom. The molecular weight excluding hydrogens is 315 g/mol. The van der Waals surface area contributed by atoms with E-state index in [0.29, 0.717) is 6.54 Å². The van der Waals surface area contributed by atoms with Gasteiger partial charge in [0.05, 0.1) is 5.69 Å². The lowest BCUT2D eigenvalue weighted by molar-refractivity contribution is -0.274. The Bertz CT molecular complexity index is 805. The Balaban J connectivity index is 2.05. The number of hydrogen-bond acceptors (Lipinski definition) is 2. The van der Waals surface area contributed by atoms with Crippen LogP contribution in [0.4, 0.5) is 18.9 Å². The van der Waals surface area contributed by atoms with Crippen molar-refractivity contribution in [2.45, 2.75) is 13.3 Å². The Labute approximate surface area is 138 Å². The van der Waals surface area contributed by atoms with Gasteiger partial charge in [-0.3, -0.25) is 0 Å². The second-order valence-corrected chi connectivity index (χ2v) is 5.50. The normalized spacial score (nSPS) is 13.2. The lowest BCUT2D eigenvalue weighted by Crippen LogP contribution is -2.16. The van der Waals surface area contributed by atoms with Crippen LogP contribution in [0.2, 0.25) is 0 Å². The molecule has 2 aromatic rings. The predicted octanol–water partition coefficient (Wildman–Crippen LogP) is 5.64. The molecule has 0 aromatic heterocycles. The second kappa shape index (κ2) is 6.07. The largest absolute Gasteiger partial charge is 0.573 e. The molecule has 0 spiro atoms. The highest BCUT2D eigenvalue weighted by Crippen LogP contribution is 2.38. The molecule has 3 rings (SSSR count). The minimum absolute atomic E-state index is 0.229. The van der Waals surface area contributed by atoms with E-state index >= 15 is 0 Å². The Hall–Kier alpha value is -2.69. The van der Waals surface area contributed by atoms with Crippen molar-refractivity contribution in [3.63, 3.8) is 0 Å². The molecule has 0 fully saturated rings. The minimum atomic E-state index is -4.69. The van der Waals surface area contributed by atoms with Crippen molar-refractivity contribution in [3.8, 4) is 16.9 Å². The molecule has 1 heterocycles. The van der Waals surface area contributed by atoms with Crippen molar-refractivity contribution in [2.75, 3.05) is 11.9 Å². The van der Waals surface area contributed by atoms with Crippen LogP contribution in [0.15, 0.2) is 43.0 Å². The zero-order chi connectivity index (χ0) is 17.3. The molecule has 5 heteroatoms. The van der Waals surface area contributed by atoms with Gasteiger partial charge in [0.2, 0.25) is 0 Å². The van der Waals surface area contributed by atoms with Gasteiger partial charge in [0.1, 0.15) is 5.75 Å². The number of aryl methyl sites for hydroxylation is 1. The third-order valence-electron chi connectivity index (χ3n) is 3.90. The number of fused-ring (bicyclic) bond motifs is 1. The smallest absolute Gasteiger partial charge is 0.406 e. The molecule has 1 aliphatic rings. The summed E-state index contributed by atoms with van der Waals surface area (Å²) in [5.41, 5.74) is 5.87. The molecular formula is C19H16F3NO. The standard InChI is InChI=1S/C19H16F3NO/c1-3-15-12(2)11-17(18-16(15)5-4-10-23-18)13-6-8-14(9-7-13)24-19(20,21)22/h3-9,11,23H,1,10H2,2H3. The number of halogens is 3. The number of alkyl halides is 3. The molecule has 0 radical (unpaired) electrons. The number of ether oxygens (including phenoxy) is 1. The van der Waals surface area contributed by atoms with E-state index in [1.54, 1.807) is 12.1 Å². The van der Waals surface area contributed by atoms with E-state index in [1.807, 2.05) is 31.2 Å². The van der Waals surface area contributed by atoms with E-state index in [2.05, 4.69) is 16.6 Å². The van der Waals surface area contributed by atoms with Crippen LogP contribution in [-0.4, -0.2) is 12.9 Å². The molecule has 0 atom stereocenters. The van der Waals surface area contributed by atoms with Crippen LogP contribution in [0.5, 0.6) is 5.75 Å². The first-order chi connectivity index (χ1) is 11.4. The van der Waals surface area contributed by atoms with Crippen LogP contribution in [0, 0.1) is 6.92 Å². The van der Waals surface area contributed by atoms with Gasteiger partial charge in [0, 0.05) is 17.7 Å². The van der Waals surface area contributed by atoms with Crippen molar-refractivity contribution >= 4 is 17.8 Å². The summed E-state index contributed by atoms with van der Waals surface area (Å²) in [4.78, 5) is 0. The number of benzene rings is 2. The highest BCUT2D eigenvalue weighted by Gasteiger charge is 2.31. The number of nitrogens with one attached hydrogen (secondary N) is 1. The first kappa shape index (κ1) is 16.2. The fourth-order valence-electron chi connectivity index (χ4n) is 2.89. The molecule has 0 aliphatic carbocycles. The van der Waals surface area contributed by atoms with Gasteiger partial charge >= 0.3 is 6.36 Å². The summed E-state index contributed by atoms with van der Waals surface area (Å²) in [6.45, 7) is 6.56. The average molecular weight is 331 g/mol. The van der Waals surface area contributed by atoms with E-state index in [9.17, 15) is 13.2 Å². The third kappa shape index (κ3) is 3.15. The number of rotatable bonds is 3. The summed E-state index contributed by atoms with van der Waals surface area (Å²) in [6, 6.07) is 7.92. The molecule has 0 bridgehead atoms. The maximum atomic E-state index is 12.3. The quantitative estimate of drug-likeness (QED) is 0.785. The molecule has 1 aliphatic heterocycles. The Kier molecular flexibility index (Phi) is 4.09. The van der Waals surface area contributed by atoms with Gasteiger partial charge in [0.25, 0.3) is 0 Å². The third-order valence-corrected chi connectivity index (χ3v) is 3.90. The Morgan fingerprint density at radius 1 is 1.21 bits per heavy atom. The molecule has 0 amide bonds. The first-order valence-electron chi connectivity index (χ1n) is 7.45. The molecule has 2 aromatic carbocycles. The number of anilines is 1. The predicted molar refractivity (Wildman–Crippen MR) is 90.9 cm³/mol. The van der Waals surface area contributed by atoms with Crippen LogP contribution in [0.1, 0.15) is 16.7 Å². The lowest BCUT2D eigenvalue weighted by Gasteiger charge is -2.22. The average Bonchev–Trinajstić information content (AvgIpc) is 2.53. The molecule has 0 unspecified atom stereocenters.